The molecule has 0 N–H and O–H groups in total. The Kier molecular flexibility index (Phi) is 10.0. The highest BCUT2D eigenvalue weighted by Crippen LogP contribution is 2.57. The summed E-state index contributed by atoms with van der Waals surface area (Å²) in [6.45, 7) is 25.3. The third kappa shape index (κ3) is 7.27. The summed E-state index contributed by atoms with van der Waals surface area (Å²) < 4.78 is 40.8. The number of para-hydroxylation sites is 1. The van der Waals surface area contributed by atoms with Gasteiger partial charge in [0, 0.05) is 39.7 Å². The van der Waals surface area contributed by atoms with E-state index >= 15 is 0 Å². The van der Waals surface area contributed by atoms with Crippen molar-refractivity contribution in [1.82, 2.24) is 0 Å². The van der Waals surface area contributed by atoms with Crippen molar-refractivity contribution in [2.75, 3.05) is 0 Å². The lowest BCUT2D eigenvalue weighted by molar-refractivity contribution is 0.0917. The predicted molar refractivity (Wildman–Crippen MR) is 216 cm³/mol. The van der Waals surface area contributed by atoms with Gasteiger partial charge in [-0.2, -0.15) is 0 Å². The Labute approximate surface area is 317 Å². The van der Waals surface area contributed by atoms with E-state index < -0.39 is 22.8 Å². The Balaban J connectivity index is 1.26. The van der Waals surface area contributed by atoms with Crippen molar-refractivity contribution in [3.63, 3.8) is 0 Å². The maximum absolute atomic E-state index is 6.95. The summed E-state index contributed by atoms with van der Waals surface area (Å²) >= 11 is 0. The van der Waals surface area contributed by atoms with Crippen molar-refractivity contribution in [1.29, 1.82) is 0 Å². The maximum Gasteiger partial charge on any atom is 0.530 e. The molecule has 8 heteroatoms. The van der Waals surface area contributed by atoms with Gasteiger partial charge in [-0.05, 0) is 97.6 Å². The Morgan fingerprint density at radius 3 is 1.21 bits per heavy atom. The first-order valence-corrected chi connectivity index (χ1v) is 20.5. The molecule has 5 aromatic rings. The normalized spacial score (nSPS) is 19.2. The number of hydrogen-bond donors (Lipinski definition) is 0. The smallest absolute Gasteiger partial charge is 0.417 e. The van der Waals surface area contributed by atoms with Crippen LogP contribution in [0.2, 0.25) is 0 Å². The van der Waals surface area contributed by atoms with Crippen LogP contribution in [-0.4, -0.2) is 0 Å². The summed E-state index contributed by atoms with van der Waals surface area (Å²) in [6, 6.07) is 25.4. The molecule has 0 saturated heterocycles. The number of aryl methyl sites for hydroxylation is 8. The van der Waals surface area contributed by atoms with Crippen molar-refractivity contribution in [3.05, 3.63) is 145 Å². The summed E-state index contributed by atoms with van der Waals surface area (Å²) in [7, 11) is -3.84. The highest BCUT2D eigenvalue weighted by molar-refractivity contribution is 7.43. The number of rotatable bonds is 5. The van der Waals surface area contributed by atoms with E-state index in [-0.39, 0.29) is 11.8 Å². The molecule has 0 spiro atoms. The van der Waals surface area contributed by atoms with Gasteiger partial charge in [-0.25, -0.2) is 0 Å². The van der Waals surface area contributed by atoms with Crippen molar-refractivity contribution in [2.24, 2.45) is 0 Å². The van der Waals surface area contributed by atoms with Crippen LogP contribution in [0.25, 0.3) is 0 Å². The SMILES string of the molecule is Cc1cc(C)c2c(c1)C(C)c1cc(C)cc(C)c1OP(Oc1ccccc1C(C)(C)OP1Oc3c(C)cc(C)cc3C(C)c3cc(C)cc(C)c3O1)O2. The predicted octanol–water partition coefficient (Wildman–Crippen LogP) is 13.5. The van der Waals surface area contributed by atoms with Crippen LogP contribution in [0, 0.1) is 55.4 Å². The zero-order valence-electron chi connectivity index (χ0n) is 32.9. The molecule has 0 saturated carbocycles. The average Bonchev–Trinajstić information content (AvgIpc) is 3.07. The van der Waals surface area contributed by atoms with Crippen LogP contribution in [0.3, 0.4) is 0 Å². The summed E-state index contributed by atoms with van der Waals surface area (Å²) in [5.41, 5.74) is 13.4. The van der Waals surface area contributed by atoms with Crippen LogP contribution in [0.5, 0.6) is 28.7 Å². The molecule has 2 heterocycles. The first kappa shape index (κ1) is 37.2. The van der Waals surface area contributed by atoms with Crippen molar-refractivity contribution in [2.45, 2.75) is 101 Å². The van der Waals surface area contributed by atoms with Gasteiger partial charge in [0.15, 0.2) is 0 Å². The second-order valence-electron chi connectivity index (χ2n) is 15.4. The van der Waals surface area contributed by atoms with Gasteiger partial charge in [0.25, 0.3) is 0 Å². The molecule has 276 valence electrons. The van der Waals surface area contributed by atoms with Gasteiger partial charge in [0.1, 0.15) is 34.3 Å². The van der Waals surface area contributed by atoms with E-state index in [0.29, 0.717) is 5.75 Å². The third-order valence-electron chi connectivity index (χ3n) is 10.3. The van der Waals surface area contributed by atoms with E-state index in [9.17, 15) is 0 Å². The number of benzene rings is 5. The van der Waals surface area contributed by atoms with Gasteiger partial charge < -0.3 is 22.6 Å². The van der Waals surface area contributed by atoms with Gasteiger partial charge in [-0.15, -0.1) is 0 Å². The van der Waals surface area contributed by atoms with Crippen molar-refractivity contribution < 1.29 is 27.1 Å². The molecule has 2 aliphatic heterocycles. The molecule has 0 amide bonds. The summed E-state index contributed by atoms with van der Waals surface area (Å²) in [6.07, 6.45) is 0. The lowest BCUT2D eigenvalue weighted by atomic mass is 9.87. The minimum atomic E-state index is -1.93. The second-order valence-corrected chi connectivity index (χ2v) is 17.4. The number of fused-ring (bicyclic) bond motifs is 4. The zero-order chi connectivity index (χ0) is 37.9. The van der Waals surface area contributed by atoms with E-state index in [0.717, 1.165) is 73.1 Å². The van der Waals surface area contributed by atoms with E-state index in [1.807, 2.05) is 38.1 Å². The van der Waals surface area contributed by atoms with Crippen LogP contribution < -0.4 is 22.6 Å². The first-order valence-electron chi connectivity index (χ1n) is 18.3. The van der Waals surface area contributed by atoms with Gasteiger partial charge in [0.05, 0.1) is 0 Å². The average molecular weight is 749 g/mol. The molecule has 0 bridgehead atoms. The Bertz CT molecular complexity index is 2100. The Morgan fingerprint density at radius 1 is 0.491 bits per heavy atom. The van der Waals surface area contributed by atoms with E-state index in [2.05, 4.69) is 118 Å². The zero-order valence-corrected chi connectivity index (χ0v) is 34.7. The number of hydrogen-bond acceptors (Lipinski definition) is 6. The highest BCUT2D eigenvalue weighted by atomic mass is 31.2. The first-order chi connectivity index (χ1) is 25.1. The molecule has 0 fully saturated rings. The molecule has 0 unspecified atom stereocenters. The second kappa shape index (κ2) is 14.3. The molecule has 7 rings (SSSR count). The van der Waals surface area contributed by atoms with Crippen LogP contribution in [0.4, 0.5) is 0 Å². The largest absolute Gasteiger partial charge is 0.530 e. The standard InChI is InChI=1S/C45H50O6P2/c1-25-17-29(5)41-35(21-25)33(9)36-22-26(2)18-30(6)42(36)48-52(47-41)46-40-16-14-13-15-39(40)45(11,12)51-53-49-43-31(7)19-27(3)23-37(43)34(10)38-24-28(4)20-32(8)44(38)50-53/h13-24,33-34H,1-12H3. The highest BCUT2D eigenvalue weighted by Gasteiger charge is 2.39. The van der Waals surface area contributed by atoms with Crippen molar-refractivity contribution in [3.8, 4) is 28.7 Å². The van der Waals surface area contributed by atoms with Crippen LogP contribution in [0.1, 0.15) is 112 Å². The van der Waals surface area contributed by atoms with E-state index in [4.69, 9.17) is 27.1 Å². The van der Waals surface area contributed by atoms with Crippen LogP contribution in [0.15, 0.2) is 72.8 Å². The van der Waals surface area contributed by atoms with Crippen LogP contribution >= 0.6 is 17.2 Å². The van der Waals surface area contributed by atoms with E-state index in [1.54, 1.807) is 0 Å². The quantitative estimate of drug-likeness (QED) is 0.167. The fourth-order valence-corrected chi connectivity index (χ4v) is 10.4. The lowest BCUT2D eigenvalue weighted by Crippen LogP contribution is -2.23. The molecular formula is C45H50O6P2. The molecule has 0 aliphatic carbocycles. The molecular weight excluding hydrogens is 698 g/mol. The van der Waals surface area contributed by atoms with Gasteiger partial charge >= 0.3 is 17.2 Å². The molecule has 0 aromatic heterocycles. The molecule has 2 aliphatic rings. The Morgan fingerprint density at radius 2 is 0.830 bits per heavy atom. The van der Waals surface area contributed by atoms with Crippen molar-refractivity contribution >= 4 is 17.2 Å². The fraction of sp³-hybridized carbons (Fsp3) is 0.333. The van der Waals surface area contributed by atoms with Crippen LogP contribution in [-0.2, 0) is 10.1 Å². The summed E-state index contributed by atoms with van der Waals surface area (Å²) in [5.74, 6) is 3.96. The topological polar surface area (TPSA) is 55.4 Å². The molecule has 0 atom stereocenters. The van der Waals surface area contributed by atoms with Gasteiger partial charge in [-0.3, -0.25) is 4.52 Å². The molecule has 6 nitrogen and oxygen atoms in total. The minimum Gasteiger partial charge on any atom is -0.417 e. The minimum absolute atomic E-state index is 0.0680. The van der Waals surface area contributed by atoms with Gasteiger partial charge in [0.2, 0.25) is 0 Å². The monoisotopic (exact) mass is 748 g/mol. The molecule has 5 aromatic carbocycles. The fourth-order valence-electron chi connectivity index (χ4n) is 7.84. The maximum atomic E-state index is 6.95. The van der Waals surface area contributed by atoms with E-state index in [1.165, 1.54) is 22.3 Å². The summed E-state index contributed by atoms with van der Waals surface area (Å²) in [5, 5.41) is 0. The van der Waals surface area contributed by atoms with Gasteiger partial charge in [-0.1, -0.05) is 103 Å². The lowest BCUT2D eigenvalue weighted by Gasteiger charge is -2.34. The summed E-state index contributed by atoms with van der Waals surface area (Å²) in [4.78, 5) is 0. The Hall–Kier alpha value is -4.08. The molecule has 53 heavy (non-hydrogen) atoms. The molecule has 0 radical (unpaired) electrons. The third-order valence-corrected chi connectivity index (χ3v) is 12.6.